The lowest BCUT2D eigenvalue weighted by Gasteiger charge is -2.19. The molecule has 140 valence electrons. The number of rotatable bonds is 6. The molecule has 1 aromatic heterocycles. The second kappa shape index (κ2) is 8.01. The number of nitrogens with zero attached hydrogens (tertiary/aromatic N) is 3. The number of nitrogens with one attached hydrogen (secondary N) is 1. The van der Waals surface area contributed by atoms with Crippen LogP contribution in [-0.4, -0.2) is 59.5 Å². The molecule has 1 amide bonds. The van der Waals surface area contributed by atoms with Crippen molar-refractivity contribution in [2.75, 3.05) is 26.7 Å². The molecule has 0 bridgehead atoms. The molecule has 1 saturated heterocycles. The van der Waals surface area contributed by atoms with Gasteiger partial charge in [-0.1, -0.05) is 12.1 Å². The normalized spacial score (nSPS) is 20.5. The number of hydrogen-bond donors (Lipinski definition) is 1. The molecular formula is C20H28N4O2. The van der Waals surface area contributed by atoms with Crippen molar-refractivity contribution in [3.8, 4) is 0 Å². The maximum Gasteiger partial charge on any atom is 0.251 e. The van der Waals surface area contributed by atoms with Gasteiger partial charge >= 0.3 is 0 Å². The molecule has 2 heterocycles. The van der Waals surface area contributed by atoms with Crippen LogP contribution >= 0.6 is 0 Å². The predicted octanol–water partition coefficient (Wildman–Crippen LogP) is 2.00. The summed E-state index contributed by atoms with van der Waals surface area (Å²) < 4.78 is 7.73. The summed E-state index contributed by atoms with van der Waals surface area (Å²) in [5.74, 6) is -0.0485. The predicted molar refractivity (Wildman–Crippen MR) is 101 cm³/mol. The zero-order valence-electron chi connectivity index (χ0n) is 16.0. The summed E-state index contributed by atoms with van der Waals surface area (Å²) in [6.45, 7) is 9.06. The van der Waals surface area contributed by atoms with Crippen LogP contribution in [0.2, 0.25) is 0 Å². The number of amides is 1. The highest BCUT2D eigenvalue weighted by atomic mass is 16.5. The number of ether oxygens (including phenoxy) is 1. The third-order valence-electron chi connectivity index (χ3n) is 4.80. The van der Waals surface area contributed by atoms with Crippen LogP contribution in [0.1, 0.15) is 34.2 Å². The van der Waals surface area contributed by atoms with Gasteiger partial charge in [-0.2, -0.15) is 5.10 Å². The number of carbonyl (C=O) groups is 1. The monoisotopic (exact) mass is 356 g/mol. The molecule has 0 saturated carbocycles. The molecule has 1 N–H and O–H groups in total. The zero-order valence-corrected chi connectivity index (χ0v) is 16.0. The minimum atomic E-state index is -0.0485. The lowest BCUT2D eigenvalue weighted by atomic mass is 10.1. The molecule has 1 fully saturated rings. The highest BCUT2D eigenvalue weighted by Gasteiger charge is 2.32. The van der Waals surface area contributed by atoms with E-state index in [0.29, 0.717) is 18.7 Å². The van der Waals surface area contributed by atoms with E-state index in [2.05, 4.69) is 28.3 Å². The molecule has 0 radical (unpaired) electrons. The van der Waals surface area contributed by atoms with Crippen LogP contribution in [0.5, 0.6) is 0 Å². The number of likely N-dealkylation sites (N-methyl/N-ethyl adjacent to an activating group) is 1. The molecule has 6 heteroatoms. The number of aromatic nitrogens is 2. The topological polar surface area (TPSA) is 59.4 Å². The van der Waals surface area contributed by atoms with E-state index >= 15 is 0 Å². The smallest absolute Gasteiger partial charge is 0.251 e. The van der Waals surface area contributed by atoms with E-state index in [1.807, 2.05) is 49.8 Å². The maximum absolute atomic E-state index is 12.6. The second-order valence-corrected chi connectivity index (χ2v) is 7.08. The van der Waals surface area contributed by atoms with Gasteiger partial charge in [-0.15, -0.1) is 0 Å². The van der Waals surface area contributed by atoms with Gasteiger partial charge in [0.15, 0.2) is 0 Å². The summed E-state index contributed by atoms with van der Waals surface area (Å²) in [6, 6.07) is 9.84. The van der Waals surface area contributed by atoms with Gasteiger partial charge in [0.2, 0.25) is 0 Å². The first-order valence-electron chi connectivity index (χ1n) is 9.17. The van der Waals surface area contributed by atoms with Crippen LogP contribution in [0.4, 0.5) is 0 Å². The lowest BCUT2D eigenvalue weighted by molar-refractivity contribution is 0.0513. The first-order chi connectivity index (χ1) is 12.5. The van der Waals surface area contributed by atoms with E-state index in [1.54, 1.807) is 0 Å². The summed E-state index contributed by atoms with van der Waals surface area (Å²) in [5.41, 5.74) is 3.95. The fourth-order valence-electron chi connectivity index (χ4n) is 3.51. The van der Waals surface area contributed by atoms with Crippen molar-refractivity contribution in [3.63, 3.8) is 0 Å². The molecule has 0 spiro atoms. The Balaban J connectivity index is 1.62. The van der Waals surface area contributed by atoms with E-state index in [1.165, 1.54) is 0 Å². The number of hydrogen-bond acceptors (Lipinski definition) is 4. The molecule has 26 heavy (non-hydrogen) atoms. The number of carbonyl (C=O) groups excluding carboxylic acids is 1. The first-order valence-corrected chi connectivity index (χ1v) is 9.17. The fraction of sp³-hybridized carbons (Fsp3) is 0.500. The van der Waals surface area contributed by atoms with Crippen molar-refractivity contribution in [1.29, 1.82) is 0 Å². The minimum absolute atomic E-state index is 0.0295. The Morgan fingerprint density at radius 1 is 1.27 bits per heavy atom. The number of aryl methyl sites for hydroxylation is 2. The average Bonchev–Trinajstić information content (AvgIpc) is 3.10. The van der Waals surface area contributed by atoms with Crippen LogP contribution in [0, 0.1) is 13.8 Å². The van der Waals surface area contributed by atoms with Gasteiger partial charge < -0.3 is 15.0 Å². The zero-order chi connectivity index (χ0) is 18.7. The lowest BCUT2D eigenvalue weighted by Crippen LogP contribution is -2.43. The standard InChI is InChI=1S/C20H28N4O2/c1-5-26-19-13-23(4)12-18(19)21-20(25)17-8-6-16(7-9-17)11-24-15(3)10-14(2)22-24/h6-10,18-19H,5,11-13H2,1-4H3,(H,21,25)/t18-,19-/m1/s1. The Morgan fingerprint density at radius 3 is 2.62 bits per heavy atom. The van der Waals surface area contributed by atoms with Crippen molar-refractivity contribution < 1.29 is 9.53 Å². The Hall–Kier alpha value is -2.18. The third-order valence-corrected chi connectivity index (χ3v) is 4.80. The van der Waals surface area contributed by atoms with Crippen molar-refractivity contribution in [2.45, 2.75) is 39.5 Å². The molecule has 1 aliphatic rings. The average molecular weight is 356 g/mol. The molecule has 0 aliphatic carbocycles. The Kier molecular flexibility index (Phi) is 5.74. The van der Waals surface area contributed by atoms with Crippen molar-refractivity contribution >= 4 is 5.91 Å². The summed E-state index contributed by atoms with van der Waals surface area (Å²) in [5, 5.41) is 7.60. The van der Waals surface area contributed by atoms with E-state index in [0.717, 1.165) is 30.0 Å². The SMILES string of the molecule is CCO[C@@H]1CN(C)C[C@H]1NC(=O)c1ccc(Cn2nc(C)cc2C)cc1. The van der Waals surface area contributed by atoms with Gasteiger partial charge in [-0.25, -0.2) is 0 Å². The van der Waals surface area contributed by atoms with Gasteiger partial charge in [0.25, 0.3) is 5.91 Å². The summed E-state index contributed by atoms with van der Waals surface area (Å²) in [7, 11) is 2.05. The molecule has 2 aromatic rings. The van der Waals surface area contributed by atoms with Gasteiger partial charge in [0, 0.05) is 31.0 Å². The Bertz CT molecular complexity index is 754. The van der Waals surface area contributed by atoms with Crippen LogP contribution < -0.4 is 5.32 Å². The van der Waals surface area contributed by atoms with Crippen LogP contribution in [0.3, 0.4) is 0 Å². The summed E-state index contributed by atoms with van der Waals surface area (Å²) >= 11 is 0. The van der Waals surface area contributed by atoms with Crippen LogP contribution in [-0.2, 0) is 11.3 Å². The largest absolute Gasteiger partial charge is 0.375 e. The number of benzene rings is 1. The first kappa shape index (κ1) is 18.6. The third kappa shape index (κ3) is 4.31. The summed E-state index contributed by atoms with van der Waals surface area (Å²) in [4.78, 5) is 14.8. The highest BCUT2D eigenvalue weighted by Crippen LogP contribution is 2.14. The minimum Gasteiger partial charge on any atom is -0.375 e. The molecule has 2 atom stereocenters. The van der Waals surface area contributed by atoms with E-state index < -0.39 is 0 Å². The van der Waals surface area contributed by atoms with E-state index in [4.69, 9.17) is 4.74 Å². The van der Waals surface area contributed by atoms with Crippen LogP contribution in [0.15, 0.2) is 30.3 Å². The van der Waals surface area contributed by atoms with Crippen molar-refractivity contribution in [1.82, 2.24) is 20.0 Å². The molecule has 6 nitrogen and oxygen atoms in total. The maximum atomic E-state index is 12.6. The fourth-order valence-corrected chi connectivity index (χ4v) is 3.51. The van der Waals surface area contributed by atoms with Crippen LogP contribution in [0.25, 0.3) is 0 Å². The highest BCUT2D eigenvalue weighted by molar-refractivity contribution is 5.94. The van der Waals surface area contributed by atoms with Crippen molar-refractivity contribution in [3.05, 3.63) is 52.8 Å². The molecular weight excluding hydrogens is 328 g/mol. The Morgan fingerprint density at radius 2 is 2.00 bits per heavy atom. The van der Waals surface area contributed by atoms with Gasteiger partial charge in [0.1, 0.15) is 0 Å². The van der Waals surface area contributed by atoms with E-state index in [-0.39, 0.29) is 18.1 Å². The molecule has 1 aliphatic heterocycles. The van der Waals surface area contributed by atoms with Crippen molar-refractivity contribution in [2.24, 2.45) is 0 Å². The molecule has 3 rings (SSSR count). The van der Waals surface area contributed by atoms with E-state index in [9.17, 15) is 4.79 Å². The second-order valence-electron chi connectivity index (χ2n) is 7.08. The molecule has 1 aromatic carbocycles. The van der Waals surface area contributed by atoms with Gasteiger partial charge in [-0.05, 0) is 51.6 Å². The van der Waals surface area contributed by atoms with Gasteiger partial charge in [0.05, 0.1) is 24.4 Å². The molecule has 0 unspecified atom stereocenters. The van der Waals surface area contributed by atoms with Gasteiger partial charge in [-0.3, -0.25) is 9.48 Å². The quantitative estimate of drug-likeness (QED) is 0.860. The number of likely N-dealkylation sites (tertiary alicyclic amines) is 1. The summed E-state index contributed by atoms with van der Waals surface area (Å²) in [6.07, 6.45) is 0.0549. The Labute approximate surface area is 155 Å².